The van der Waals surface area contributed by atoms with E-state index in [1.807, 2.05) is 36.4 Å². The van der Waals surface area contributed by atoms with E-state index in [1.54, 1.807) is 30.3 Å². The van der Waals surface area contributed by atoms with Gasteiger partial charge in [-0.05, 0) is 67.8 Å². The quantitative estimate of drug-likeness (QED) is 0.449. The Morgan fingerprint density at radius 3 is 2.37 bits per heavy atom. The molecule has 1 amide bonds. The van der Waals surface area contributed by atoms with Crippen LogP contribution in [-0.2, 0) is 6.61 Å². The molecule has 0 aromatic heterocycles. The second kappa shape index (κ2) is 8.90. The lowest BCUT2D eigenvalue weighted by Crippen LogP contribution is -2.12. The number of nitrogens with one attached hydrogen (secondary N) is 1. The molecule has 0 spiro atoms. The summed E-state index contributed by atoms with van der Waals surface area (Å²) in [6.07, 6.45) is 5.40. The summed E-state index contributed by atoms with van der Waals surface area (Å²) in [7, 11) is 0. The zero-order chi connectivity index (χ0) is 19.2. The first kappa shape index (κ1) is 19.2. The molecule has 0 heterocycles. The molecule has 27 heavy (non-hydrogen) atoms. The second-order valence-electron chi connectivity index (χ2n) is 5.72. The number of ether oxygens (including phenoxy) is 1. The highest BCUT2D eigenvalue weighted by Crippen LogP contribution is 2.35. The Hall–Kier alpha value is -2.55. The molecule has 5 heteroatoms. The molecule has 0 aliphatic rings. The standard InChI is InChI=1S/C22H15Br2NO2/c1-2-15-9-6-10-18(11-15)25-22(26)17-12-19(23)21(20(24)13-17)27-14-16-7-4-3-5-8-16/h1,3-13H,14H2,(H,25,26). The SMILES string of the molecule is C#Cc1cccc(NC(=O)c2cc(Br)c(OCc3ccccc3)c(Br)c2)c1. The van der Waals surface area contributed by atoms with Crippen molar-refractivity contribution in [1.29, 1.82) is 0 Å². The summed E-state index contributed by atoms with van der Waals surface area (Å²) in [6, 6.07) is 20.5. The van der Waals surface area contributed by atoms with Gasteiger partial charge in [0, 0.05) is 16.8 Å². The van der Waals surface area contributed by atoms with Crippen molar-refractivity contribution in [3.05, 3.63) is 92.4 Å². The van der Waals surface area contributed by atoms with Crippen LogP contribution in [0.15, 0.2) is 75.7 Å². The molecule has 0 saturated heterocycles. The van der Waals surface area contributed by atoms with Gasteiger partial charge >= 0.3 is 0 Å². The Balaban J connectivity index is 1.75. The van der Waals surface area contributed by atoms with Crippen LogP contribution in [0.1, 0.15) is 21.5 Å². The Morgan fingerprint density at radius 1 is 1.00 bits per heavy atom. The minimum absolute atomic E-state index is 0.236. The zero-order valence-corrected chi connectivity index (χ0v) is 17.4. The average molecular weight is 485 g/mol. The van der Waals surface area contributed by atoms with Gasteiger partial charge in [-0.1, -0.05) is 42.3 Å². The molecule has 3 rings (SSSR count). The first-order chi connectivity index (χ1) is 13.1. The second-order valence-corrected chi connectivity index (χ2v) is 7.43. The van der Waals surface area contributed by atoms with E-state index >= 15 is 0 Å². The van der Waals surface area contributed by atoms with Gasteiger partial charge in [-0.25, -0.2) is 0 Å². The van der Waals surface area contributed by atoms with E-state index in [2.05, 4.69) is 43.1 Å². The van der Waals surface area contributed by atoms with Gasteiger partial charge in [-0.3, -0.25) is 4.79 Å². The molecule has 3 aromatic rings. The smallest absolute Gasteiger partial charge is 0.255 e. The number of benzene rings is 3. The Labute approximate surface area is 175 Å². The highest BCUT2D eigenvalue weighted by molar-refractivity contribution is 9.11. The maximum Gasteiger partial charge on any atom is 0.255 e. The molecule has 0 atom stereocenters. The van der Waals surface area contributed by atoms with Gasteiger partial charge in [0.15, 0.2) is 0 Å². The topological polar surface area (TPSA) is 38.3 Å². The van der Waals surface area contributed by atoms with E-state index in [0.717, 1.165) is 5.56 Å². The van der Waals surface area contributed by atoms with E-state index < -0.39 is 0 Å². The molecule has 0 aliphatic carbocycles. The normalized spacial score (nSPS) is 10.1. The van der Waals surface area contributed by atoms with Gasteiger partial charge in [0.1, 0.15) is 12.4 Å². The molecule has 0 bridgehead atoms. The number of anilines is 1. The van der Waals surface area contributed by atoms with Gasteiger partial charge in [0.25, 0.3) is 5.91 Å². The van der Waals surface area contributed by atoms with Crippen LogP contribution >= 0.6 is 31.9 Å². The fourth-order valence-corrected chi connectivity index (χ4v) is 3.86. The maximum atomic E-state index is 12.6. The summed E-state index contributed by atoms with van der Waals surface area (Å²) in [4.78, 5) is 12.6. The van der Waals surface area contributed by atoms with E-state index in [0.29, 0.717) is 38.1 Å². The van der Waals surface area contributed by atoms with Crippen molar-refractivity contribution in [1.82, 2.24) is 0 Å². The van der Waals surface area contributed by atoms with Crippen LogP contribution in [0.25, 0.3) is 0 Å². The summed E-state index contributed by atoms with van der Waals surface area (Å²) in [5, 5.41) is 2.85. The van der Waals surface area contributed by atoms with Gasteiger partial charge in [-0.15, -0.1) is 6.42 Å². The Morgan fingerprint density at radius 2 is 1.70 bits per heavy atom. The molecule has 0 unspecified atom stereocenters. The van der Waals surface area contributed by atoms with Crippen LogP contribution < -0.4 is 10.1 Å². The summed E-state index contributed by atoms with van der Waals surface area (Å²) in [5.74, 6) is 2.96. The maximum absolute atomic E-state index is 12.6. The van der Waals surface area contributed by atoms with Crippen molar-refractivity contribution in [2.45, 2.75) is 6.61 Å². The number of amides is 1. The highest BCUT2D eigenvalue weighted by atomic mass is 79.9. The van der Waals surface area contributed by atoms with E-state index in [1.165, 1.54) is 0 Å². The number of hydrogen-bond donors (Lipinski definition) is 1. The third-order valence-electron chi connectivity index (χ3n) is 3.77. The van der Waals surface area contributed by atoms with Crippen LogP contribution in [-0.4, -0.2) is 5.91 Å². The number of carbonyl (C=O) groups excluding carboxylic acids is 1. The molecule has 0 saturated carbocycles. The van der Waals surface area contributed by atoms with E-state index in [4.69, 9.17) is 11.2 Å². The fraction of sp³-hybridized carbons (Fsp3) is 0.0455. The summed E-state index contributed by atoms with van der Waals surface area (Å²) >= 11 is 6.97. The lowest BCUT2D eigenvalue weighted by Gasteiger charge is -2.13. The zero-order valence-electron chi connectivity index (χ0n) is 14.2. The molecular formula is C22H15Br2NO2. The molecule has 1 N–H and O–H groups in total. The van der Waals surface area contributed by atoms with Crippen LogP contribution in [0.3, 0.4) is 0 Å². The molecule has 3 aromatic carbocycles. The van der Waals surface area contributed by atoms with Gasteiger partial charge in [0.2, 0.25) is 0 Å². The minimum Gasteiger partial charge on any atom is -0.487 e. The van der Waals surface area contributed by atoms with Crippen molar-refractivity contribution in [3.8, 4) is 18.1 Å². The lowest BCUT2D eigenvalue weighted by molar-refractivity contribution is 0.102. The van der Waals surface area contributed by atoms with Crippen molar-refractivity contribution >= 4 is 43.5 Å². The molecule has 0 radical (unpaired) electrons. The van der Waals surface area contributed by atoms with Crippen LogP contribution in [0, 0.1) is 12.3 Å². The number of carbonyl (C=O) groups is 1. The Bertz CT molecular complexity index is 987. The van der Waals surface area contributed by atoms with Crippen molar-refractivity contribution in [2.75, 3.05) is 5.32 Å². The third kappa shape index (κ3) is 5.00. The average Bonchev–Trinajstić information content (AvgIpc) is 2.68. The molecule has 3 nitrogen and oxygen atoms in total. The molecule has 134 valence electrons. The molecule has 0 aliphatic heterocycles. The van der Waals surface area contributed by atoms with Crippen LogP contribution in [0.4, 0.5) is 5.69 Å². The number of terminal acetylenes is 1. The fourth-order valence-electron chi connectivity index (χ4n) is 2.45. The summed E-state index contributed by atoms with van der Waals surface area (Å²) in [6.45, 7) is 0.433. The van der Waals surface area contributed by atoms with Crippen molar-refractivity contribution in [3.63, 3.8) is 0 Å². The van der Waals surface area contributed by atoms with E-state index in [-0.39, 0.29) is 5.91 Å². The molecular weight excluding hydrogens is 470 g/mol. The number of hydrogen-bond acceptors (Lipinski definition) is 2. The molecule has 0 fully saturated rings. The van der Waals surface area contributed by atoms with Gasteiger partial charge in [0.05, 0.1) is 8.95 Å². The first-order valence-electron chi connectivity index (χ1n) is 8.10. The predicted octanol–water partition coefficient (Wildman–Crippen LogP) is 6.02. The monoisotopic (exact) mass is 483 g/mol. The Kier molecular flexibility index (Phi) is 6.33. The number of rotatable bonds is 5. The lowest BCUT2D eigenvalue weighted by atomic mass is 10.1. The van der Waals surface area contributed by atoms with Crippen LogP contribution in [0.2, 0.25) is 0 Å². The van der Waals surface area contributed by atoms with Crippen molar-refractivity contribution < 1.29 is 9.53 Å². The van der Waals surface area contributed by atoms with Crippen LogP contribution in [0.5, 0.6) is 5.75 Å². The summed E-state index contributed by atoms with van der Waals surface area (Å²) in [5.41, 5.74) is 2.91. The third-order valence-corrected chi connectivity index (χ3v) is 4.95. The van der Waals surface area contributed by atoms with E-state index in [9.17, 15) is 4.79 Å². The highest BCUT2D eigenvalue weighted by Gasteiger charge is 2.14. The first-order valence-corrected chi connectivity index (χ1v) is 9.69. The van der Waals surface area contributed by atoms with Gasteiger partial charge in [-0.2, -0.15) is 0 Å². The largest absolute Gasteiger partial charge is 0.487 e. The predicted molar refractivity (Wildman–Crippen MR) is 115 cm³/mol. The van der Waals surface area contributed by atoms with Gasteiger partial charge < -0.3 is 10.1 Å². The number of halogens is 2. The van der Waals surface area contributed by atoms with Crippen molar-refractivity contribution in [2.24, 2.45) is 0 Å². The minimum atomic E-state index is -0.236. The summed E-state index contributed by atoms with van der Waals surface area (Å²) < 4.78 is 7.27.